The van der Waals surface area contributed by atoms with Crippen molar-refractivity contribution in [3.05, 3.63) is 76.5 Å². The molecule has 3 aromatic rings. The fourth-order valence-corrected chi connectivity index (χ4v) is 5.64. The quantitative estimate of drug-likeness (QED) is 0.395. The number of nitrogens with one attached hydrogen (secondary N) is 1. The predicted molar refractivity (Wildman–Crippen MR) is 130 cm³/mol. The van der Waals surface area contributed by atoms with Crippen LogP contribution in [0, 0.1) is 17.6 Å². The Morgan fingerprint density at radius 2 is 1.94 bits per heavy atom. The molecule has 2 unspecified atom stereocenters. The lowest BCUT2D eigenvalue weighted by molar-refractivity contribution is -0.131. The van der Waals surface area contributed by atoms with E-state index in [4.69, 9.17) is 5.11 Å². The number of carbonyl (C=O) groups is 1. The van der Waals surface area contributed by atoms with Crippen molar-refractivity contribution in [3.63, 3.8) is 0 Å². The van der Waals surface area contributed by atoms with Crippen molar-refractivity contribution >= 4 is 22.9 Å². The average molecular weight is 465 g/mol. The number of fused-ring (bicyclic) bond motifs is 3. The molecule has 0 radical (unpaired) electrons. The number of halogens is 2. The van der Waals surface area contributed by atoms with Crippen molar-refractivity contribution in [2.45, 2.75) is 57.5 Å². The number of aromatic nitrogens is 1. The number of H-pyrrole nitrogens is 1. The number of carboxylic acid groups (broad SMARTS) is 1. The van der Waals surface area contributed by atoms with Gasteiger partial charge in [-0.25, -0.2) is 13.6 Å². The van der Waals surface area contributed by atoms with E-state index in [0.717, 1.165) is 60.0 Å². The minimum Gasteiger partial charge on any atom is -0.478 e. The molecule has 1 aliphatic carbocycles. The summed E-state index contributed by atoms with van der Waals surface area (Å²) < 4.78 is 31.0. The Balaban J connectivity index is 1.57. The van der Waals surface area contributed by atoms with Gasteiger partial charge in [-0.05, 0) is 74.1 Å². The minimum atomic E-state index is -1.16. The van der Waals surface area contributed by atoms with Gasteiger partial charge in [-0.3, -0.25) is 4.90 Å². The molecule has 2 heterocycles. The van der Waals surface area contributed by atoms with Gasteiger partial charge in [-0.1, -0.05) is 37.5 Å². The highest BCUT2D eigenvalue weighted by Crippen LogP contribution is 2.43. The first kappa shape index (κ1) is 22.8. The molecule has 0 bridgehead atoms. The second-order valence-electron chi connectivity index (χ2n) is 9.77. The van der Waals surface area contributed by atoms with E-state index in [9.17, 15) is 4.79 Å². The summed E-state index contributed by atoms with van der Waals surface area (Å²) in [6, 6.07) is 10.0. The highest BCUT2D eigenvalue weighted by molar-refractivity contribution is 5.86. The van der Waals surface area contributed by atoms with Crippen LogP contribution in [0.25, 0.3) is 17.0 Å². The van der Waals surface area contributed by atoms with Gasteiger partial charge in [-0.2, -0.15) is 0 Å². The van der Waals surface area contributed by atoms with Gasteiger partial charge in [-0.15, -0.1) is 0 Å². The normalized spacial score (nSPS) is 21.1. The highest BCUT2D eigenvalue weighted by atomic mass is 19.1. The molecule has 34 heavy (non-hydrogen) atoms. The standard InChI is InChI=1S/C28H30F2N2O2/c1-17-14-21-20-9-2-3-10-24(20)31-27(21)28(32(17)13-5-8-18-6-4-7-18)26-22(29)15-19(16-23(26)30)11-12-25(33)34/h2-3,9-12,15-18,28,31H,4-8,13-14H2,1H3,(H,33,34)/b12-11+. The molecule has 6 heteroatoms. The number of nitrogens with zero attached hydrogens (tertiary/aromatic N) is 1. The minimum absolute atomic E-state index is 0.0236. The lowest BCUT2D eigenvalue weighted by atomic mass is 9.81. The van der Waals surface area contributed by atoms with Gasteiger partial charge in [0.2, 0.25) is 0 Å². The predicted octanol–water partition coefficient (Wildman–Crippen LogP) is 6.46. The number of hydrogen-bond acceptors (Lipinski definition) is 2. The third-order valence-electron chi connectivity index (χ3n) is 7.56. The average Bonchev–Trinajstić information content (AvgIpc) is 3.13. The Bertz CT molecular complexity index is 1220. The number of rotatable bonds is 7. The van der Waals surface area contributed by atoms with Gasteiger partial charge in [0, 0.05) is 34.3 Å². The summed E-state index contributed by atoms with van der Waals surface area (Å²) in [5.74, 6) is -1.68. The van der Waals surface area contributed by atoms with Crippen molar-refractivity contribution in [1.82, 2.24) is 9.88 Å². The summed E-state index contributed by atoms with van der Waals surface area (Å²) >= 11 is 0. The van der Waals surface area contributed by atoms with Gasteiger partial charge in [0.15, 0.2) is 0 Å². The van der Waals surface area contributed by atoms with Crippen molar-refractivity contribution in [2.75, 3.05) is 6.54 Å². The molecule has 5 rings (SSSR count). The molecule has 2 atom stereocenters. The van der Waals surface area contributed by atoms with E-state index in [-0.39, 0.29) is 17.2 Å². The molecule has 2 aliphatic rings. The summed E-state index contributed by atoms with van der Waals surface area (Å²) in [5.41, 5.74) is 3.17. The molecule has 0 spiro atoms. The maximum Gasteiger partial charge on any atom is 0.328 e. The van der Waals surface area contributed by atoms with E-state index in [1.54, 1.807) is 0 Å². The van der Waals surface area contributed by atoms with Crippen LogP contribution in [0.2, 0.25) is 0 Å². The summed E-state index contributed by atoms with van der Waals surface area (Å²) in [4.78, 5) is 16.6. The van der Waals surface area contributed by atoms with E-state index in [2.05, 4.69) is 22.9 Å². The molecule has 1 fully saturated rings. The highest BCUT2D eigenvalue weighted by Gasteiger charge is 2.38. The lowest BCUT2D eigenvalue weighted by Crippen LogP contribution is -2.44. The van der Waals surface area contributed by atoms with E-state index >= 15 is 8.78 Å². The molecule has 1 aliphatic heterocycles. The van der Waals surface area contributed by atoms with Crippen LogP contribution >= 0.6 is 0 Å². The smallest absolute Gasteiger partial charge is 0.328 e. The summed E-state index contributed by atoms with van der Waals surface area (Å²) in [6.07, 6.45) is 8.97. The van der Waals surface area contributed by atoms with Crippen LogP contribution in [-0.2, 0) is 11.2 Å². The Labute approximate surface area is 198 Å². The van der Waals surface area contributed by atoms with Gasteiger partial charge in [0.1, 0.15) is 11.6 Å². The van der Waals surface area contributed by atoms with Crippen molar-refractivity contribution in [2.24, 2.45) is 5.92 Å². The number of aliphatic carboxylic acids is 1. The summed E-state index contributed by atoms with van der Waals surface area (Å²) in [7, 11) is 0. The topological polar surface area (TPSA) is 56.3 Å². The first-order chi connectivity index (χ1) is 16.4. The zero-order valence-electron chi connectivity index (χ0n) is 19.4. The van der Waals surface area contributed by atoms with Crippen LogP contribution in [0.5, 0.6) is 0 Å². The largest absolute Gasteiger partial charge is 0.478 e. The van der Waals surface area contributed by atoms with Crippen molar-refractivity contribution < 1.29 is 18.7 Å². The van der Waals surface area contributed by atoms with E-state index in [0.29, 0.717) is 0 Å². The SMILES string of the molecule is CC1Cc2c([nH]c3ccccc23)C(c2c(F)cc(/C=C/C(=O)O)cc2F)N1CCCC1CCC1. The maximum atomic E-state index is 15.5. The Morgan fingerprint density at radius 3 is 2.62 bits per heavy atom. The molecule has 4 nitrogen and oxygen atoms in total. The van der Waals surface area contributed by atoms with E-state index < -0.39 is 23.6 Å². The number of hydrogen-bond donors (Lipinski definition) is 2. The summed E-state index contributed by atoms with van der Waals surface area (Å²) in [5, 5.41) is 9.97. The number of carboxylic acids is 1. The van der Waals surface area contributed by atoms with Crippen LogP contribution in [0.4, 0.5) is 8.78 Å². The van der Waals surface area contributed by atoms with Crippen molar-refractivity contribution in [3.8, 4) is 0 Å². The number of benzene rings is 2. The van der Waals surface area contributed by atoms with Crippen LogP contribution in [-0.4, -0.2) is 33.5 Å². The molecule has 178 valence electrons. The van der Waals surface area contributed by atoms with Crippen LogP contribution < -0.4 is 0 Å². The van der Waals surface area contributed by atoms with Gasteiger partial charge < -0.3 is 10.1 Å². The fourth-order valence-electron chi connectivity index (χ4n) is 5.64. The first-order valence-corrected chi connectivity index (χ1v) is 12.2. The monoisotopic (exact) mass is 464 g/mol. The molecular formula is C28H30F2N2O2. The number of aromatic amines is 1. The second kappa shape index (κ2) is 9.34. The third-order valence-corrected chi connectivity index (χ3v) is 7.56. The third kappa shape index (κ3) is 4.27. The molecular weight excluding hydrogens is 434 g/mol. The van der Waals surface area contributed by atoms with Gasteiger partial charge >= 0.3 is 5.97 Å². The van der Waals surface area contributed by atoms with Gasteiger partial charge in [0.05, 0.1) is 6.04 Å². The van der Waals surface area contributed by atoms with E-state index in [1.165, 1.54) is 37.5 Å². The zero-order valence-corrected chi connectivity index (χ0v) is 19.4. The van der Waals surface area contributed by atoms with Crippen LogP contribution in [0.3, 0.4) is 0 Å². The Morgan fingerprint density at radius 1 is 1.21 bits per heavy atom. The molecule has 1 aromatic heterocycles. The van der Waals surface area contributed by atoms with Crippen molar-refractivity contribution in [1.29, 1.82) is 0 Å². The first-order valence-electron chi connectivity index (χ1n) is 12.2. The van der Waals surface area contributed by atoms with Crippen LogP contribution in [0.1, 0.15) is 67.5 Å². The molecule has 1 saturated carbocycles. The van der Waals surface area contributed by atoms with E-state index in [1.807, 2.05) is 18.2 Å². The Kier molecular flexibility index (Phi) is 6.26. The maximum absolute atomic E-state index is 15.5. The van der Waals surface area contributed by atoms with Crippen LogP contribution in [0.15, 0.2) is 42.5 Å². The summed E-state index contributed by atoms with van der Waals surface area (Å²) in [6.45, 7) is 2.91. The van der Waals surface area contributed by atoms with Gasteiger partial charge in [0.25, 0.3) is 0 Å². The molecule has 2 aromatic carbocycles. The Hall–Kier alpha value is -2.99. The fraction of sp³-hybridized carbons (Fsp3) is 0.393. The lowest BCUT2D eigenvalue weighted by Gasteiger charge is -2.41. The molecule has 0 saturated heterocycles. The molecule has 2 N–H and O–H groups in total. The number of para-hydroxylation sites is 1. The second-order valence-corrected chi connectivity index (χ2v) is 9.77. The molecule has 0 amide bonds. The zero-order chi connectivity index (χ0) is 23.8.